The number of halogens is 1. The van der Waals surface area contributed by atoms with Gasteiger partial charge in [0, 0.05) is 12.1 Å². The number of rotatable bonds is 4. The van der Waals surface area contributed by atoms with Crippen LogP contribution in [0.4, 0.5) is 4.39 Å². The highest BCUT2D eigenvalue weighted by Crippen LogP contribution is 2.22. The van der Waals surface area contributed by atoms with Crippen LogP contribution in [-0.4, -0.2) is 34.7 Å². The van der Waals surface area contributed by atoms with Crippen LogP contribution in [0.3, 0.4) is 0 Å². The van der Waals surface area contributed by atoms with Crippen LogP contribution in [0.1, 0.15) is 30.3 Å². The Balaban J connectivity index is 1.74. The molecule has 1 aliphatic rings. The van der Waals surface area contributed by atoms with Crippen molar-refractivity contribution in [2.45, 2.75) is 25.8 Å². The molecule has 1 fully saturated rings. The molecule has 0 saturated carbocycles. The summed E-state index contributed by atoms with van der Waals surface area (Å²) in [6, 6.07) is 4.58. The van der Waals surface area contributed by atoms with Crippen LogP contribution in [0.25, 0.3) is 11.5 Å². The lowest BCUT2D eigenvalue weighted by Crippen LogP contribution is -2.30. The number of likely N-dealkylation sites (tertiary alicyclic amines) is 1. The fraction of sp³-hybridized carbons (Fsp3) is 0.467. The smallest absolute Gasteiger partial charge is 0.258 e. The summed E-state index contributed by atoms with van der Waals surface area (Å²) in [5.41, 5.74) is 7.28. The Hall–Kier alpha value is -1.79. The van der Waals surface area contributed by atoms with E-state index in [1.165, 1.54) is 18.9 Å². The second-order valence-corrected chi connectivity index (χ2v) is 5.54. The molecule has 1 unspecified atom stereocenters. The molecule has 3 rings (SSSR count). The first kappa shape index (κ1) is 14.2. The Morgan fingerprint density at radius 3 is 2.86 bits per heavy atom. The van der Waals surface area contributed by atoms with Gasteiger partial charge in [-0.05, 0) is 50.6 Å². The van der Waals surface area contributed by atoms with Crippen LogP contribution in [0.2, 0.25) is 0 Å². The fourth-order valence-electron chi connectivity index (χ4n) is 2.55. The molecular formula is C15H19FN4O. The fourth-order valence-corrected chi connectivity index (χ4v) is 2.55. The first-order valence-electron chi connectivity index (χ1n) is 7.21. The van der Waals surface area contributed by atoms with Gasteiger partial charge in [0.2, 0.25) is 0 Å². The highest BCUT2D eigenvalue weighted by molar-refractivity contribution is 5.53. The number of hydrogen-bond donors (Lipinski definition) is 1. The average molecular weight is 290 g/mol. The van der Waals surface area contributed by atoms with E-state index in [1.54, 1.807) is 19.1 Å². The first-order valence-corrected chi connectivity index (χ1v) is 7.21. The summed E-state index contributed by atoms with van der Waals surface area (Å²) in [7, 11) is 0. The van der Waals surface area contributed by atoms with Crippen LogP contribution < -0.4 is 5.73 Å². The second kappa shape index (κ2) is 5.91. The maximum absolute atomic E-state index is 13.6. The van der Waals surface area contributed by atoms with Gasteiger partial charge in [0.25, 0.3) is 5.89 Å². The van der Waals surface area contributed by atoms with Crippen LogP contribution in [-0.2, 0) is 0 Å². The molecule has 2 aromatic rings. The Morgan fingerprint density at radius 2 is 2.14 bits per heavy atom. The molecule has 0 amide bonds. The van der Waals surface area contributed by atoms with Crippen LogP contribution >= 0.6 is 0 Å². The molecule has 1 aliphatic heterocycles. The van der Waals surface area contributed by atoms with Gasteiger partial charge < -0.3 is 15.2 Å². The molecule has 0 bridgehead atoms. The predicted octanol–water partition coefficient (Wildman–Crippen LogP) is 2.28. The molecule has 112 valence electrons. The van der Waals surface area contributed by atoms with Crippen LogP contribution in [0, 0.1) is 12.7 Å². The van der Waals surface area contributed by atoms with Gasteiger partial charge >= 0.3 is 0 Å². The van der Waals surface area contributed by atoms with E-state index < -0.39 is 0 Å². The molecule has 1 atom stereocenters. The Morgan fingerprint density at radius 1 is 1.38 bits per heavy atom. The lowest BCUT2D eigenvalue weighted by atomic mass is 10.1. The number of aryl methyl sites for hydroxylation is 1. The van der Waals surface area contributed by atoms with Gasteiger partial charge in [0.15, 0.2) is 5.82 Å². The maximum atomic E-state index is 13.6. The molecule has 1 aromatic heterocycles. The van der Waals surface area contributed by atoms with Crippen molar-refractivity contribution in [1.82, 2.24) is 15.0 Å². The molecule has 2 N–H and O–H groups in total. The minimum absolute atomic E-state index is 0.282. The van der Waals surface area contributed by atoms with Crippen molar-refractivity contribution in [1.29, 1.82) is 0 Å². The summed E-state index contributed by atoms with van der Waals surface area (Å²) >= 11 is 0. The Bertz CT molecular complexity index is 622. The van der Waals surface area contributed by atoms with E-state index in [9.17, 15) is 4.39 Å². The minimum atomic E-state index is -0.284. The number of nitrogens with two attached hydrogens (primary N) is 1. The van der Waals surface area contributed by atoms with Crippen molar-refractivity contribution < 1.29 is 8.91 Å². The number of aromatic nitrogens is 2. The van der Waals surface area contributed by atoms with Crippen molar-refractivity contribution in [2.75, 3.05) is 19.6 Å². The van der Waals surface area contributed by atoms with Crippen molar-refractivity contribution in [3.05, 3.63) is 35.4 Å². The molecule has 0 radical (unpaired) electrons. The third-order valence-corrected chi connectivity index (χ3v) is 3.85. The van der Waals surface area contributed by atoms with Crippen LogP contribution in [0.5, 0.6) is 0 Å². The zero-order valence-corrected chi connectivity index (χ0v) is 12.1. The lowest BCUT2D eigenvalue weighted by molar-refractivity contribution is 0.306. The van der Waals surface area contributed by atoms with E-state index in [-0.39, 0.29) is 11.9 Å². The topological polar surface area (TPSA) is 68.2 Å². The van der Waals surface area contributed by atoms with Crippen molar-refractivity contribution in [3.8, 4) is 11.5 Å². The third-order valence-electron chi connectivity index (χ3n) is 3.85. The molecule has 0 spiro atoms. The normalized spacial score (nSPS) is 17.3. The van der Waals surface area contributed by atoms with Gasteiger partial charge in [-0.25, -0.2) is 4.39 Å². The van der Waals surface area contributed by atoms with E-state index in [4.69, 9.17) is 10.3 Å². The summed E-state index contributed by atoms with van der Waals surface area (Å²) in [4.78, 5) is 6.60. The molecule has 0 aliphatic carbocycles. The first-order chi connectivity index (χ1) is 10.1. The largest absolute Gasteiger partial charge is 0.334 e. The molecule has 6 heteroatoms. The zero-order chi connectivity index (χ0) is 14.8. The van der Waals surface area contributed by atoms with Crippen molar-refractivity contribution in [2.24, 2.45) is 5.73 Å². The molecule has 5 nitrogen and oxygen atoms in total. The highest BCUT2D eigenvalue weighted by Gasteiger charge is 2.20. The van der Waals surface area contributed by atoms with E-state index in [0.717, 1.165) is 19.6 Å². The second-order valence-electron chi connectivity index (χ2n) is 5.54. The SMILES string of the molecule is Cc1ccc(-c2nc(C(N)CN3CCCC3)no2)cc1F. The number of nitrogens with zero attached hydrogens (tertiary/aromatic N) is 3. The van der Waals surface area contributed by atoms with E-state index in [2.05, 4.69) is 15.0 Å². The lowest BCUT2D eigenvalue weighted by Gasteiger charge is -2.17. The standard InChI is InChI=1S/C15H19FN4O/c1-10-4-5-11(8-12(10)16)15-18-14(19-21-15)13(17)9-20-6-2-3-7-20/h4-5,8,13H,2-3,6-7,9,17H2,1H3. The zero-order valence-electron chi connectivity index (χ0n) is 12.1. The summed E-state index contributed by atoms with van der Waals surface area (Å²) in [6.45, 7) is 4.58. The summed E-state index contributed by atoms with van der Waals surface area (Å²) < 4.78 is 18.8. The predicted molar refractivity (Wildman–Crippen MR) is 77.0 cm³/mol. The molecule has 2 heterocycles. The van der Waals surface area contributed by atoms with Gasteiger partial charge in [-0.1, -0.05) is 11.2 Å². The van der Waals surface area contributed by atoms with E-state index >= 15 is 0 Å². The van der Waals surface area contributed by atoms with E-state index in [1.807, 2.05) is 0 Å². The van der Waals surface area contributed by atoms with Gasteiger partial charge in [-0.3, -0.25) is 0 Å². The summed E-state index contributed by atoms with van der Waals surface area (Å²) in [5.74, 6) is 0.493. The van der Waals surface area contributed by atoms with Crippen molar-refractivity contribution >= 4 is 0 Å². The van der Waals surface area contributed by atoms with Gasteiger partial charge in [0.1, 0.15) is 5.82 Å². The number of benzene rings is 1. The number of hydrogen-bond acceptors (Lipinski definition) is 5. The molecule has 21 heavy (non-hydrogen) atoms. The summed E-state index contributed by atoms with van der Waals surface area (Å²) in [5, 5.41) is 3.93. The van der Waals surface area contributed by atoms with Crippen molar-refractivity contribution in [3.63, 3.8) is 0 Å². The molecular weight excluding hydrogens is 271 g/mol. The third kappa shape index (κ3) is 3.11. The summed E-state index contributed by atoms with van der Waals surface area (Å²) in [6.07, 6.45) is 2.43. The van der Waals surface area contributed by atoms with E-state index in [0.29, 0.717) is 22.8 Å². The highest BCUT2D eigenvalue weighted by atomic mass is 19.1. The monoisotopic (exact) mass is 290 g/mol. The van der Waals surface area contributed by atoms with Gasteiger partial charge in [0.05, 0.1) is 6.04 Å². The van der Waals surface area contributed by atoms with Gasteiger partial charge in [-0.15, -0.1) is 0 Å². The van der Waals surface area contributed by atoms with Gasteiger partial charge in [-0.2, -0.15) is 4.98 Å². The molecule has 1 aromatic carbocycles. The minimum Gasteiger partial charge on any atom is -0.334 e. The Labute approximate surface area is 122 Å². The quantitative estimate of drug-likeness (QED) is 0.935. The van der Waals surface area contributed by atoms with Crippen LogP contribution in [0.15, 0.2) is 22.7 Å². The average Bonchev–Trinajstić information content (AvgIpc) is 3.12. The maximum Gasteiger partial charge on any atom is 0.258 e. The Kier molecular flexibility index (Phi) is 3.98. The molecule has 1 saturated heterocycles.